The molecule has 1 aromatic heterocycles. The summed E-state index contributed by atoms with van der Waals surface area (Å²) in [5.74, 6) is 0.858. The molecular weight excluding hydrogens is 295 g/mol. The van der Waals surface area contributed by atoms with Gasteiger partial charge in [-0.05, 0) is 51.2 Å². The summed E-state index contributed by atoms with van der Waals surface area (Å²) < 4.78 is 38.1. The lowest BCUT2D eigenvalue weighted by Gasteiger charge is -2.34. The number of rotatable bonds is 6. The van der Waals surface area contributed by atoms with Crippen LogP contribution in [0.5, 0.6) is 0 Å². The molecule has 1 fully saturated rings. The molecule has 0 bridgehead atoms. The highest BCUT2D eigenvalue weighted by atomic mass is 19.4. The van der Waals surface area contributed by atoms with Gasteiger partial charge in [-0.25, -0.2) is 4.98 Å². The second-order valence-corrected chi connectivity index (χ2v) is 6.09. The molecule has 2 rings (SSSR count). The summed E-state index contributed by atoms with van der Waals surface area (Å²) in [4.78, 5) is 6.38. The van der Waals surface area contributed by atoms with Crippen LogP contribution in [0.4, 0.5) is 13.2 Å². The van der Waals surface area contributed by atoms with Crippen molar-refractivity contribution in [1.82, 2.24) is 14.5 Å². The van der Waals surface area contributed by atoms with Crippen LogP contribution in [0.2, 0.25) is 0 Å². The van der Waals surface area contributed by atoms with Gasteiger partial charge in [0.25, 0.3) is 0 Å². The van der Waals surface area contributed by atoms with Crippen molar-refractivity contribution in [2.45, 2.75) is 44.4 Å². The minimum atomic E-state index is -4.04. The molecule has 1 aromatic rings. The quantitative estimate of drug-likeness (QED) is 0.820. The van der Waals surface area contributed by atoms with Crippen LogP contribution in [0.15, 0.2) is 12.4 Å². The first kappa shape index (κ1) is 17.3. The molecule has 126 valence electrons. The van der Waals surface area contributed by atoms with Gasteiger partial charge in [0.1, 0.15) is 11.9 Å². The summed E-state index contributed by atoms with van der Waals surface area (Å²) in [6.07, 6.45) is 0.669. The molecule has 22 heavy (non-hydrogen) atoms. The predicted molar refractivity (Wildman–Crippen MR) is 77.2 cm³/mol. The number of aryl methyl sites for hydroxylation is 1. The van der Waals surface area contributed by atoms with E-state index in [1.54, 1.807) is 6.20 Å². The van der Waals surface area contributed by atoms with E-state index in [0.717, 1.165) is 25.9 Å². The second-order valence-electron chi connectivity index (χ2n) is 6.09. The topological polar surface area (TPSA) is 41.3 Å². The number of hydrogen-bond donors (Lipinski definition) is 1. The first-order valence-corrected chi connectivity index (χ1v) is 7.81. The first-order valence-electron chi connectivity index (χ1n) is 7.81. The Morgan fingerprint density at radius 2 is 2.00 bits per heavy atom. The molecule has 0 radical (unpaired) electrons. The van der Waals surface area contributed by atoms with Crippen LogP contribution in [-0.2, 0) is 7.05 Å². The Balaban J connectivity index is 1.69. The Labute approximate surface area is 128 Å². The van der Waals surface area contributed by atoms with Gasteiger partial charge in [-0.15, -0.1) is 0 Å². The number of halogens is 3. The van der Waals surface area contributed by atoms with Gasteiger partial charge < -0.3 is 14.6 Å². The van der Waals surface area contributed by atoms with E-state index in [4.69, 9.17) is 0 Å². The van der Waals surface area contributed by atoms with Crippen LogP contribution in [0, 0.1) is 5.92 Å². The number of piperidine rings is 1. The maximum atomic E-state index is 12.1. The van der Waals surface area contributed by atoms with E-state index >= 15 is 0 Å². The van der Waals surface area contributed by atoms with Crippen LogP contribution in [0.3, 0.4) is 0 Å². The van der Waals surface area contributed by atoms with E-state index in [9.17, 15) is 18.3 Å². The van der Waals surface area contributed by atoms with Crippen molar-refractivity contribution >= 4 is 0 Å². The predicted octanol–water partition coefficient (Wildman–Crippen LogP) is 2.90. The van der Waals surface area contributed by atoms with Crippen molar-refractivity contribution < 1.29 is 18.3 Å². The first-order chi connectivity index (χ1) is 10.4. The van der Waals surface area contributed by atoms with Gasteiger partial charge in [-0.2, -0.15) is 13.2 Å². The zero-order valence-corrected chi connectivity index (χ0v) is 12.9. The maximum Gasteiger partial charge on any atom is 0.389 e. The summed E-state index contributed by atoms with van der Waals surface area (Å²) in [5, 5.41) is 10.4. The van der Waals surface area contributed by atoms with E-state index in [0.29, 0.717) is 18.8 Å². The molecule has 1 atom stereocenters. The van der Waals surface area contributed by atoms with Gasteiger partial charge >= 0.3 is 6.18 Å². The maximum absolute atomic E-state index is 12.1. The van der Waals surface area contributed by atoms with E-state index in [-0.39, 0.29) is 12.3 Å². The van der Waals surface area contributed by atoms with E-state index in [2.05, 4.69) is 9.88 Å². The van der Waals surface area contributed by atoms with Crippen LogP contribution >= 0.6 is 0 Å². The molecular formula is C15H24F3N3O. The van der Waals surface area contributed by atoms with Crippen molar-refractivity contribution in [2.75, 3.05) is 19.6 Å². The summed E-state index contributed by atoms with van der Waals surface area (Å²) in [6, 6.07) is 0. The fourth-order valence-corrected chi connectivity index (χ4v) is 3.03. The van der Waals surface area contributed by atoms with Gasteiger partial charge in [-0.1, -0.05) is 0 Å². The molecule has 2 heterocycles. The van der Waals surface area contributed by atoms with Crippen molar-refractivity contribution in [3.63, 3.8) is 0 Å². The molecule has 1 aliphatic heterocycles. The zero-order valence-electron chi connectivity index (χ0n) is 12.9. The second kappa shape index (κ2) is 7.46. The standard InChI is InChI=1S/C15H24F3N3O/c1-20-11-7-19-14(20)13(22)12-4-9-21(10-5-12)8-3-2-6-15(16,17)18/h7,11-13,22H,2-6,8-10H2,1H3. The lowest BCUT2D eigenvalue weighted by Crippen LogP contribution is -2.36. The number of alkyl halides is 3. The Hall–Kier alpha value is -1.08. The number of unbranched alkanes of at least 4 members (excludes halogenated alkanes) is 1. The molecule has 4 nitrogen and oxygen atoms in total. The number of aliphatic hydroxyl groups excluding tert-OH is 1. The Kier molecular flexibility index (Phi) is 5.86. The highest BCUT2D eigenvalue weighted by Crippen LogP contribution is 2.30. The minimum Gasteiger partial charge on any atom is -0.385 e. The molecule has 0 aromatic carbocycles. The lowest BCUT2D eigenvalue weighted by atomic mass is 9.90. The summed E-state index contributed by atoms with van der Waals surface area (Å²) in [7, 11) is 1.86. The number of likely N-dealkylation sites (tertiary alicyclic amines) is 1. The third kappa shape index (κ3) is 4.98. The van der Waals surface area contributed by atoms with Crippen LogP contribution < -0.4 is 0 Å². The normalized spacial score (nSPS) is 19.5. The average Bonchev–Trinajstić information content (AvgIpc) is 2.89. The highest BCUT2D eigenvalue weighted by molar-refractivity contribution is 4.98. The van der Waals surface area contributed by atoms with E-state index < -0.39 is 18.7 Å². The van der Waals surface area contributed by atoms with Gasteiger partial charge in [0.05, 0.1) is 0 Å². The number of hydrogen-bond acceptors (Lipinski definition) is 3. The van der Waals surface area contributed by atoms with Gasteiger partial charge in [-0.3, -0.25) is 0 Å². The summed E-state index contributed by atoms with van der Waals surface area (Å²) in [6.45, 7) is 2.37. The third-order valence-corrected chi connectivity index (χ3v) is 4.39. The molecule has 0 spiro atoms. The van der Waals surface area contributed by atoms with Gasteiger partial charge in [0, 0.05) is 25.9 Å². The highest BCUT2D eigenvalue weighted by Gasteiger charge is 2.29. The van der Waals surface area contributed by atoms with Crippen molar-refractivity contribution in [3.8, 4) is 0 Å². The van der Waals surface area contributed by atoms with Gasteiger partial charge in [0.15, 0.2) is 0 Å². The fourth-order valence-electron chi connectivity index (χ4n) is 3.03. The van der Waals surface area contributed by atoms with Crippen molar-refractivity contribution in [1.29, 1.82) is 0 Å². The van der Waals surface area contributed by atoms with Crippen molar-refractivity contribution in [3.05, 3.63) is 18.2 Å². The molecule has 0 saturated carbocycles. The van der Waals surface area contributed by atoms with Crippen molar-refractivity contribution in [2.24, 2.45) is 13.0 Å². The summed E-state index contributed by atoms with van der Waals surface area (Å²) >= 11 is 0. The smallest absolute Gasteiger partial charge is 0.385 e. The van der Waals surface area contributed by atoms with Crippen LogP contribution in [0.25, 0.3) is 0 Å². The average molecular weight is 319 g/mol. The van der Waals surface area contributed by atoms with Crippen LogP contribution in [0.1, 0.15) is 44.0 Å². The number of imidazole rings is 1. The molecule has 1 aliphatic rings. The monoisotopic (exact) mass is 319 g/mol. The number of aliphatic hydroxyl groups is 1. The molecule has 1 N–H and O–H groups in total. The fraction of sp³-hybridized carbons (Fsp3) is 0.800. The summed E-state index contributed by atoms with van der Waals surface area (Å²) in [5.41, 5.74) is 0. The molecule has 0 amide bonds. The lowest BCUT2D eigenvalue weighted by molar-refractivity contribution is -0.135. The molecule has 1 saturated heterocycles. The van der Waals surface area contributed by atoms with E-state index in [1.165, 1.54) is 0 Å². The number of nitrogens with zero attached hydrogens (tertiary/aromatic N) is 3. The Morgan fingerprint density at radius 1 is 1.32 bits per heavy atom. The van der Waals surface area contributed by atoms with Gasteiger partial charge in [0.2, 0.25) is 0 Å². The molecule has 7 heteroatoms. The zero-order chi connectivity index (χ0) is 16.2. The number of aromatic nitrogens is 2. The Morgan fingerprint density at radius 3 is 2.55 bits per heavy atom. The third-order valence-electron chi connectivity index (χ3n) is 4.39. The van der Waals surface area contributed by atoms with Crippen LogP contribution in [-0.4, -0.2) is 45.4 Å². The molecule has 0 aliphatic carbocycles. The minimum absolute atomic E-state index is 0.174. The largest absolute Gasteiger partial charge is 0.389 e. The van der Waals surface area contributed by atoms with E-state index in [1.807, 2.05) is 17.8 Å². The Bertz CT molecular complexity index is 453. The molecule has 1 unspecified atom stereocenters. The SMILES string of the molecule is Cn1ccnc1C(O)C1CCN(CCCCC(F)(F)F)CC1.